The molecule has 3 aromatic carbocycles. The molecule has 1 amide bonds. The summed E-state index contributed by atoms with van der Waals surface area (Å²) in [6, 6.07) is 20.3. The minimum absolute atomic E-state index is 0.00959. The lowest BCUT2D eigenvalue weighted by atomic mass is 9.95. The minimum atomic E-state index is -0.808. The molecule has 1 heterocycles. The van der Waals surface area contributed by atoms with E-state index in [-0.39, 0.29) is 11.3 Å². The Morgan fingerprint density at radius 2 is 1.69 bits per heavy atom. The number of rotatable bonds is 5. The fourth-order valence-electron chi connectivity index (χ4n) is 3.81. The molecular formula is C25H20BrNO5. The van der Waals surface area contributed by atoms with E-state index in [2.05, 4.69) is 15.9 Å². The van der Waals surface area contributed by atoms with Gasteiger partial charge in [0.1, 0.15) is 17.3 Å². The van der Waals surface area contributed by atoms with E-state index in [0.717, 1.165) is 4.47 Å². The standard InChI is InChI=1S/C25H20BrNO5/c1-31-18-11-12-19(20(14-18)32-2)23(28)21-22(15-7-4-3-5-8-15)27(25(30)24(21)29)17-10-6-9-16(26)13-17/h3-14,22,28H,1-2H3/b23-21-. The molecule has 1 N–H and O–H groups in total. The van der Waals surface area contributed by atoms with Gasteiger partial charge in [-0.25, -0.2) is 0 Å². The normalized spacial score (nSPS) is 17.5. The van der Waals surface area contributed by atoms with E-state index >= 15 is 0 Å². The largest absolute Gasteiger partial charge is 0.507 e. The van der Waals surface area contributed by atoms with Crippen molar-refractivity contribution in [3.63, 3.8) is 0 Å². The van der Waals surface area contributed by atoms with Crippen molar-refractivity contribution in [1.29, 1.82) is 0 Å². The summed E-state index contributed by atoms with van der Waals surface area (Å²) in [6.45, 7) is 0. The Balaban J connectivity index is 1.96. The number of carbonyl (C=O) groups is 2. The van der Waals surface area contributed by atoms with Gasteiger partial charge in [-0.15, -0.1) is 0 Å². The highest BCUT2D eigenvalue weighted by Gasteiger charge is 2.47. The molecule has 0 saturated carbocycles. The number of nitrogens with zero attached hydrogens (tertiary/aromatic N) is 1. The molecule has 0 radical (unpaired) electrons. The quantitative estimate of drug-likeness (QED) is 0.304. The average Bonchev–Trinajstić information content (AvgIpc) is 3.09. The summed E-state index contributed by atoms with van der Waals surface area (Å²) in [5, 5.41) is 11.3. The van der Waals surface area contributed by atoms with Crippen LogP contribution in [0.2, 0.25) is 0 Å². The van der Waals surface area contributed by atoms with Crippen molar-refractivity contribution in [1.82, 2.24) is 0 Å². The monoisotopic (exact) mass is 493 g/mol. The van der Waals surface area contributed by atoms with Gasteiger partial charge in [0.25, 0.3) is 11.7 Å². The summed E-state index contributed by atoms with van der Waals surface area (Å²) in [5.41, 5.74) is 1.52. The molecule has 1 atom stereocenters. The van der Waals surface area contributed by atoms with E-state index < -0.39 is 17.7 Å². The van der Waals surface area contributed by atoms with Gasteiger partial charge in [0.2, 0.25) is 0 Å². The summed E-state index contributed by atoms with van der Waals surface area (Å²) in [5.74, 6) is -0.940. The maximum atomic E-state index is 13.2. The third kappa shape index (κ3) is 3.76. The molecule has 0 spiro atoms. The number of anilines is 1. The van der Waals surface area contributed by atoms with Gasteiger partial charge in [0.05, 0.1) is 31.4 Å². The second-order valence-electron chi connectivity index (χ2n) is 7.13. The highest BCUT2D eigenvalue weighted by molar-refractivity contribution is 9.10. The summed E-state index contributed by atoms with van der Waals surface area (Å²) < 4.78 is 11.4. The van der Waals surface area contributed by atoms with Crippen molar-refractivity contribution in [3.8, 4) is 11.5 Å². The zero-order valence-electron chi connectivity index (χ0n) is 17.4. The SMILES string of the molecule is COc1ccc(/C(O)=C2/C(=O)C(=O)N(c3cccc(Br)c3)C2c2ccccc2)c(OC)c1. The molecule has 0 aromatic heterocycles. The van der Waals surface area contributed by atoms with Crippen molar-refractivity contribution < 1.29 is 24.2 Å². The Hall–Kier alpha value is -3.58. The molecule has 32 heavy (non-hydrogen) atoms. The van der Waals surface area contributed by atoms with E-state index in [4.69, 9.17) is 9.47 Å². The van der Waals surface area contributed by atoms with E-state index in [9.17, 15) is 14.7 Å². The second kappa shape index (κ2) is 8.88. The number of carbonyl (C=O) groups excluding carboxylic acids is 2. The molecule has 0 bridgehead atoms. The van der Waals surface area contributed by atoms with E-state index in [0.29, 0.717) is 28.3 Å². The molecule has 1 unspecified atom stereocenters. The van der Waals surface area contributed by atoms with Crippen molar-refractivity contribution in [2.75, 3.05) is 19.1 Å². The number of halogens is 1. The Bertz CT molecular complexity index is 1220. The molecule has 1 fully saturated rings. The zero-order valence-corrected chi connectivity index (χ0v) is 19.0. The summed E-state index contributed by atoms with van der Waals surface area (Å²) in [7, 11) is 2.98. The predicted octanol–water partition coefficient (Wildman–Crippen LogP) is 5.09. The van der Waals surface area contributed by atoms with Crippen LogP contribution < -0.4 is 14.4 Å². The van der Waals surface area contributed by atoms with Crippen molar-refractivity contribution in [2.24, 2.45) is 0 Å². The first-order chi connectivity index (χ1) is 15.5. The highest BCUT2D eigenvalue weighted by Crippen LogP contribution is 2.43. The van der Waals surface area contributed by atoms with Gasteiger partial charge in [-0.1, -0.05) is 52.3 Å². The first-order valence-corrected chi connectivity index (χ1v) is 10.6. The van der Waals surface area contributed by atoms with E-state index in [1.54, 1.807) is 36.4 Å². The van der Waals surface area contributed by atoms with Gasteiger partial charge in [0.15, 0.2) is 0 Å². The fraction of sp³-hybridized carbons (Fsp3) is 0.120. The van der Waals surface area contributed by atoms with Gasteiger partial charge >= 0.3 is 0 Å². The Morgan fingerprint density at radius 1 is 0.938 bits per heavy atom. The minimum Gasteiger partial charge on any atom is -0.507 e. The molecule has 7 heteroatoms. The first kappa shape index (κ1) is 21.6. The topological polar surface area (TPSA) is 76.1 Å². The number of aliphatic hydroxyl groups is 1. The number of hydrogen-bond acceptors (Lipinski definition) is 5. The van der Waals surface area contributed by atoms with Crippen molar-refractivity contribution in [2.45, 2.75) is 6.04 Å². The first-order valence-electron chi connectivity index (χ1n) is 9.80. The molecule has 0 aliphatic carbocycles. The average molecular weight is 494 g/mol. The summed E-state index contributed by atoms with van der Waals surface area (Å²) in [6.07, 6.45) is 0. The fourth-order valence-corrected chi connectivity index (χ4v) is 4.20. The number of amides is 1. The zero-order chi connectivity index (χ0) is 22.8. The lowest BCUT2D eigenvalue weighted by Gasteiger charge is -2.25. The third-order valence-corrected chi connectivity index (χ3v) is 5.80. The Labute approximate surface area is 193 Å². The number of aliphatic hydroxyl groups excluding tert-OH is 1. The van der Waals surface area contributed by atoms with Crippen molar-refractivity contribution >= 4 is 39.1 Å². The third-order valence-electron chi connectivity index (χ3n) is 5.31. The number of ketones is 1. The molecule has 1 aliphatic rings. The lowest BCUT2D eigenvalue weighted by Crippen LogP contribution is -2.29. The smallest absolute Gasteiger partial charge is 0.300 e. The summed E-state index contributed by atoms with van der Waals surface area (Å²) >= 11 is 3.42. The van der Waals surface area contributed by atoms with E-state index in [1.165, 1.54) is 19.1 Å². The molecule has 3 aromatic rings. The number of benzene rings is 3. The lowest BCUT2D eigenvalue weighted by molar-refractivity contribution is -0.132. The highest BCUT2D eigenvalue weighted by atomic mass is 79.9. The summed E-state index contributed by atoms with van der Waals surface area (Å²) in [4.78, 5) is 27.8. The number of methoxy groups -OCH3 is 2. The molecule has 4 rings (SSSR count). The van der Waals surface area contributed by atoms with Crippen LogP contribution in [0.1, 0.15) is 17.2 Å². The molecule has 6 nitrogen and oxygen atoms in total. The van der Waals surface area contributed by atoms with Crippen LogP contribution in [0.4, 0.5) is 5.69 Å². The van der Waals surface area contributed by atoms with Gasteiger partial charge in [-0.05, 0) is 35.9 Å². The molecular weight excluding hydrogens is 474 g/mol. The second-order valence-corrected chi connectivity index (χ2v) is 8.04. The van der Waals surface area contributed by atoms with Crippen LogP contribution in [-0.2, 0) is 9.59 Å². The molecule has 162 valence electrons. The van der Waals surface area contributed by atoms with Crippen LogP contribution >= 0.6 is 15.9 Å². The Kier molecular flexibility index (Phi) is 6.01. The van der Waals surface area contributed by atoms with E-state index in [1.807, 2.05) is 36.4 Å². The van der Waals surface area contributed by atoms with Crippen molar-refractivity contribution in [3.05, 3.63) is 94.0 Å². The van der Waals surface area contributed by atoms with Crippen LogP contribution in [-0.4, -0.2) is 31.0 Å². The van der Waals surface area contributed by atoms with Gasteiger partial charge in [0, 0.05) is 16.2 Å². The number of Topliss-reactive ketones (excluding diaryl/α,β-unsaturated/α-hetero) is 1. The maximum Gasteiger partial charge on any atom is 0.300 e. The van der Waals surface area contributed by atoms with Gasteiger partial charge in [-0.2, -0.15) is 0 Å². The van der Waals surface area contributed by atoms with Crippen LogP contribution in [0.15, 0.2) is 82.8 Å². The molecule has 1 saturated heterocycles. The van der Waals surface area contributed by atoms with Crippen LogP contribution in [0, 0.1) is 0 Å². The van der Waals surface area contributed by atoms with Crippen LogP contribution in [0.25, 0.3) is 5.76 Å². The van der Waals surface area contributed by atoms with Crippen LogP contribution in [0.3, 0.4) is 0 Å². The van der Waals surface area contributed by atoms with Gasteiger partial charge in [-0.3, -0.25) is 14.5 Å². The predicted molar refractivity (Wildman–Crippen MR) is 125 cm³/mol. The van der Waals surface area contributed by atoms with Gasteiger partial charge < -0.3 is 14.6 Å². The number of hydrogen-bond donors (Lipinski definition) is 1. The maximum absolute atomic E-state index is 13.2. The number of ether oxygens (including phenoxy) is 2. The van der Waals surface area contributed by atoms with Crippen LogP contribution in [0.5, 0.6) is 11.5 Å². The Morgan fingerprint density at radius 3 is 2.34 bits per heavy atom. The molecule has 1 aliphatic heterocycles.